The molecule has 0 aliphatic carbocycles. The van der Waals surface area contributed by atoms with Crippen molar-refractivity contribution in [1.82, 2.24) is 24.8 Å². The van der Waals surface area contributed by atoms with Crippen LogP contribution in [0.4, 0.5) is 4.39 Å². The van der Waals surface area contributed by atoms with Crippen LogP contribution < -0.4 is 5.56 Å². The van der Waals surface area contributed by atoms with E-state index in [0.29, 0.717) is 18.9 Å². The van der Waals surface area contributed by atoms with Gasteiger partial charge in [-0.15, -0.1) is 0 Å². The van der Waals surface area contributed by atoms with Crippen LogP contribution in [0.5, 0.6) is 0 Å². The minimum atomic E-state index is -0.261. The highest BCUT2D eigenvalue weighted by atomic mass is 19.1. The van der Waals surface area contributed by atoms with Crippen LogP contribution in [0.1, 0.15) is 16.8 Å². The van der Waals surface area contributed by atoms with Crippen LogP contribution in [0.2, 0.25) is 0 Å². The van der Waals surface area contributed by atoms with Crippen molar-refractivity contribution >= 4 is 0 Å². The first-order valence-corrected chi connectivity index (χ1v) is 10.1. The molecule has 4 aromatic rings. The molecule has 3 aromatic heterocycles. The third-order valence-electron chi connectivity index (χ3n) is 5.47. The summed E-state index contributed by atoms with van der Waals surface area (Å²) in [5.74, 6) is 0.323. The van der Waals surface area contributed by atoms with Crippen molar-refractivity contribution in [3.63, 3.8) is 0 Å². The Hall–Kier alpha value is -3.71. The van der Waals surface area contributed by atoms with Gasteiger partial charge in [-0.3, -0.25) is 19.7 Å². The number of hydrogen-bond donors (Lipinski definition) is 1. The molecule has 1 aliphatic rings. The number of rotatable bonds is 4. The van der Waals surface area contributed by atoms with E-state index in [1.807, 2.05) is 30.5 Å². The fourth-order valence-corrected chi connectivity index (χ4v) is 3.83. The lowest BCUT2D eigenvalue weighted by atomic mass is 10.1. The largest absolute Gasteiger partial charge is 0.306 e. The second kappa shape index (κ2) is 8.20. The van der Waals surface area contributed by atoms with Gasteiger partial charge >= 0.3 is 0 Å². The van der Waals surface area contributed by atoms with Crippen LogP contribution in [0.25, 0.3) is 22.6 Å². The van der Waals surface area contributed by atoms with Gasteiger partial charge in [-0.2, -0.15) is 0 Å². The Kier molecular flexibility index (Phi) is 5.09. The highest BCUT2D eigenvalue weighted by molar-refractivity contribution is 5.58. The molecular weight excluding hydrogens is 393 g/mol. The Labute approximate surface area is 178 Å². The topological polar surface area (TPSA) is 74.8 Å². The predicted octanol–water partition coefficient (Wildman–Crippen LogP) is 3.59. The molecule has 1 aromatic carbocycles. The molecule has 154 valence electrons. The Balaban J connectivity index is 1.31. The fourth-order valence-electron chi connectivity index (χ4n) is 3.83. The molecule has 6 nitrogen and oxygen atoms in total. The monoisotopic (exact) mass is 413 g/mol. The van der Waals surface area contributed by atoms with Gasteiger partial charge in [-0.25, -0.2) is 9.37 Å². The van der Waals surface area contributed by atoms with E-state index >= 15 is 0 Å². The molecule has 1 N–H and O–H groups in total. The van der Waals surface area contributed by atoms with Crippen LogP contribution in [-0.2, 0) is 19.5 Å². The summed E-state index contributed by atoms with van der Waals surface area (Å²) in [7, 11) is 0. The van der Waals surface area contributed by atoms with Crippen molar-refractivity contribution in [2.75, 3.05) is 6.54 Å². The first-order valence-electron chi connectivity index (χ1n) is 10.1. The smallest absolute Gasteiger partial charge is 0.255 e. The summed E-state index contributed by atoms with van der Waals surface area (Å²) in [4.78, 5) is 31.0. The molecule has 5 rings (SSSR count). The SMILES string of the molecule is O=c1[nH]c(-c2ccncc2)nc2c1CN(Cc1ccc(-c3ccc(F)cc3)nc1)CC2. The van der Waals surface area contributed by atoms with Crippen LogP contribution in [-0.4, -0.2) is 31.4 Å². The number of fused-ring (bicyclic) bond motifs is 1. The highest BCUT2D eigenvalue weighted by Gasteiger charge is 2.21. The molecule has 0 bridgehead atoms. The molecule has 4 heterocycles. The Morgan fingerprint density at radius 1 is 1.00 bits per heavy atom. The molecule has 0 spiro atoms. The lowest BCUT2D eigenvalue weighted by Gasteiger charge is -2.27. The van der Waals surface area contributed by atoms with Crippen LogP contribution >= 0.6 is 0 Å². The van der Waals surface area contributed by atoms with E-state index in [9.17, 15) is 9.18 Å². The second-order valence-electron chi connectivity index (χ2n) is 7.59. The average Bonchev–Trinajstić information content (AvgIpc) is 2.81. The van der Waals surface area contributed by atoms with Gasteiger partial charge in [0.15, 0.2) is 0 Å². The molecule has 0 radical (unpaired) electrons. The summed E-state index contributed by atoms with van der Waals surface area (Å²) >= 11 is 0. The number of aromatic nitrogens is 4. The van der Waals surface area contributed by atoms with Gasteiger partial charge < -0.3 is 4.98 Å². The number of H-pyrrole nitrogens is 1. The number of pyridine rings is 2. The van der Waals surface area contributed by atoms with Gasteiger partial charge in [-0.1, -0.05) is 6.07 Å². The van der Waals surface area contributed by atoms with Crippen LogP contribution in [0.3, 0.4) is 0 Å². The van der Waals surface area contributed by atoms with Crippen molar-refractivity contribution in [1.29, 1.82) is 0 Å². The molecule has 0 fully saturated rings. The summed E-state index contributed by atoms with van der Waals surface area (Å²) in [6, 6.07) is 13.9. The number of benzene rings is 1. The lowest BCUT2D eigenvalue weighted by Crippen LogP contribution is -2.35. The minimum Gasteiger partial charge on any atom is -0.306 e. The molecule has 0 saturated heterocycles. The van der Waals surface area contributed by atoms with E-state index in [0.717, 1.165) is 46.6 Å². The zero-order valence-electron chi connectivity index (χ0n) is 16.8. The third kappa shape index (κ3) is 4.13. The van der Waals surface area contributed by atoms with Gasteiger partial charge in [-0.05, 0) is 48.0 Å². The molecule has 1 aliphatic heterocycles. The third-order valence-corrected chi connectivity index (χ3v) is 5.47. The number of nitrogens with one attached hydrogen (secondary N) is 1. The summed E-state index contributed by atoms with van der Waals surface area (Å²) in [6.07, 6.45) is 5.93. The maximum Gasteiger partial charge on any atom is 0.255 e. The lowest BCUT2D eigenvalue weighted by molar-refractivity contribution is 0.241. The first-order chi connectivity index (χ1) is 15.2. The van der Waals surface area contributed by atoms with Crippen molar-refractivity contribution in [3.05, 3.63) is 100 Å². The normalized spacial score (nSPS) is 13.7. The number of hydrogen-bond acceptors (Lipinski definition) is 5. The zero-order chi connectivity index (χ0) is 21.2. The second-order valence-corrected chi connectivity index (χ2v) is 7.59. The molecule has 0 atom stereocenters. The Morgan fingerprint density at radius 2 is 1.81 bits per heavy atom. The Morgan fingerprint density at radius 3 is 2.55 bits per heavy atom. The quantitative estimate of drug-likeness (QED) is 0.553. The summed E-state index contributed by atoms with van der Waals surface area (Å²) < 4.78 is 13.1. The average molecular weight is 413 g/mol. The first kappa shape index (κ1) is 19.3. The van der Waals surface area contributed by atoms with E-state index in [2.05, 4.69) is 24.8 Å². The predicted molar refractivity (Wildman–Crippen MR) is 116 cm³/mol. The molecular formula is C24H20FN5O. The number of nitrogens with zero attached hydrogens (tertiary/aromatic N) is 4. The maximum absolute atomic E-state index is 13.1. The van der Waals surface area contributed by atoms with E-state index in [4.69, 9.17) is 0 Å². The van der Waals surface area contributed by atoms with Crippen molar-refractivity contribution in [2.24, 2.45) is 0 Å². The van der Waals surface area contributed by atoms with Crippen molar-refractivity contribution < 1.29 is 4.39 Å². The molecule has 0 saturated carbocycles. The van der Waals surface area contributed by atoms with Gasteiger partial charge in [0, 0.05) is 55.8 Å². The highest BCUT2D eigenvalue weighted by Crippen LogP contribution is 2.21. The van der Waals surface area contributed by atoms with Crippen molar-refractivity contribution in [3.8, 4) is 22.6 Å². The van der Waals surface area contributed by atoms with Gasteiger partial charge in [0.05, 0.1) is 17.0 Å². The van der Waals surface area contributed by atoms with E-state index in [-0.39, 0.29) is 11.4 Å². The number of aromatic amines is 1. The fraction of sp³-hybridized carbons (Fsp3) is 0.167. The number of halogens is 1. The van der Waals surface area contributed by atoms with Gasteiger partial charge in [0.25, 0.3) is 5.56 Å². The summed E-state index contributed by atoms with van der Waals surface area (Å²) in [5.41, 5.74) is 5.08. The maximum atomic E-state index is 13.1. The van der Waals surface area contributed by atoms with E-state index in [1.165, 1.54) is 12.1 Å². The summed E-state index contributed by atoms with van der Waals surface area (Å²) in [5, 5.41) is 0. The van der Waals surface area contributed by atoms with Crippen LogP contribution in [0, 0.1) is 5.82 Å². The molecule has 0 unspecified atom stereocenters. The van der Waals surface area contributed by atoms with Crippen LogP contribution in [0.15, 0.2) is 71.9 Å². The van der Waals surface area contributed by atoms with E-state index in [1.54, 1.807) is 24.5 Å². The molecule has 7 heteroatoms. The molecule has 31 heavy (non-hydrogen) atoms. The Bertz CT molecular complexity index is 1250. The molecule has 0 amide bonds. The summed E-state index contributed by atoms with van der Waals surface area (Å²) in [6.45, 7) is 2.06. The van der Waals surface area contributed by atoms with Crippen molar-refractivity contribution in [2.45, 2.75) is 19.5 Å². The standard InChI is InChI=1S/C24H20FN5O/c25-19-4-2-17(3-5-19)21-6-1-16(13-27-21)14-30-12-9-22-20(15-30)24(31)29-23(28-22)18-7-10-26-11-8-18/h1-8,10-11,13H,9,12,14-15H2,(H,28,29,31). The minimum absolute atomic E-state index is 0.0914. The zero-order valence-corrected chi connectivity index (χ0v) is 16.8. The van der Waals surface area contributed by atoms with Gasteiger partial charge in [0.1, 0.15) is 11.6 Å². The van der Waals surface area contributed by atoms with E-state index < -0.39 is 0 Å². The van der Waals surface area contributed by atoms with Gasteiger partial charge in [0.2, 0.25) is 0 Å².